The van der Waals surface area contributed by atoms with Crippen molar-refractivity contribution >= 4 is 43.3 Å². The molecule has 4 aliphatic carbocycles. The maximum atomic E-state index is 13.1. The summed E-state index contributed by atoms with van der Waals surface area (Å²) in [6, 6.07) is 31.8. The third-order valence-electron chi connectivity index (χ3n) is 14.1. The van der Waals surface area contributed by atoms with Crippen molar-refractivity contribution in [3.63, 3.8) is 0 Å². The number of nitrogens with one attached hydrogen (secondary N) is 3. The summed E-state index contributed by atoms with van der Waals surface area (Å²) in [4.78, 5) is 25.8. The van der Waals surface area contributed by atoms with E-state index in [9.17, 15) is 26.4 Å². The van der Waals surface area contributed by atoms with E-state index in [2.05, 4.69) is 69.9 Å². The number of benzene rings is 4. The number of anilines is 2. The smallest absolute Gasteiger partial charge is 0.307 e. The van der Waals surface area contributed by atoms with Gasteiger partial charge in [-0.2, -0.15) is 0 Å². The monoisotopic (exact) mass is 838 g/mol. The van der Waals surface area contributed by atoms with Crippen molar-refractivity contribution in [2.24, 2.45) is 35.5 Å². The van der Waals surface area contributed by atoms with Crippen LogP contribution in [-0.4, -0.2) is 77.4 Å². The van der Waals surface area contributed by atoms with E-state index in [0.717, 1.165) is 50.8 Å². The minimum absolute atomic E-state index is 0.0185. The molecule has 1 amide bonds. The third kappa shape index (κ3) is 8.38. The highest BCUT2D eigenvalue weighted by atomic mass is 32.2. The van der Waals surface area contributed by atoms with Gasteiger partial charge in [-0.3, -0.25) is 19.0 Å². The number of fused-ring (bicyclic) bond motifs is 4. The maximum Gasteiger partial charge on any atom is 0.307 e. The molecule has 11 nitrogen and oxygen atoms in total. The van der Waals surface area contributed by atoms with Gasteiger partial charge in [0.1, 0.15) is 0 Å². The highest BCUT2D eigenvalue weighted by Crippen LogP contribution is 2.64. The number of aliphatic carboxylic acids is 1. The van der Waals surface area contributed by atoms with Crippen LogP contribution in [0.5, 0.6) is 0 Å². The summed E-state index contributed by atoms with van der Waals surface area (Å²) in [5.74, 6) is 1.81. The van der Waals surface area contributed by atoms with Crippen LogP contribution in [0.3, 0.4) is 0 Å². The fourth-order valence-electron chi connectivity index (χ4n) is 10.7. The number of amides is 1. The van der Waals surface area contributed by atoms with Gasteiger partial charge in [-0.1, -0.05) is 86.6 Å². The average molecular weight is 839 g/mol. The van der Waals surface area contributed by atoms with Gasteiger partial charge in [0.2, 0.25) is 26.0 Å². The van der Waals surface area contributed by atoms with Crippen LogP contribution in [0.4, 0.5) is 11.4 Å². The van der Waals surface area contributed by atoms with E-state index >= 15 is 0 Å². The molecule has 4 aromatic rings. The number of carboxylic acids is 1. The lowest BCUT2D eigenvalue weighted by atomic mass is 9.91. The van der Waals surface area contributed by atoms with Gasteiger partial charge >= 0.3 is 5.97 Å². The Morgan fingerprint density at radius 3 is 1.39 bits per heavy atom. The molecule has 2 saturated carbocycles. The van der Waals surface area contributed by atoms with Crippen LogP contribution in [0.25, 0.3) is 0 Å². The zero-order valence-corrected chi connectivity index (χ0v) is 35.7. The first kappa shape index (κ1) is 41.0. The maximum absolute atomic E-state index is 13.1. The Kier molecular flexibility index (Phi) is 10.7. The highest BCUT2D eigenvalue weighted by Gasteiger charge is 2.66. The number of carbonyl (C=O) groups excluding carboxylic acids is 1. The molecular weight excluding hydrogens is 785 g/mol. The second-order valence-electron chi connectivity index (χ2n) is 17.9. The molecule has 4 aromatic carbocycles. The van der Waals surface area contributed by atoms with Crippen LogP contribution < -0.4 is 14.8 Å². The van der Waals surface area contributed by atoms with Crippen molar-refractivity contribution in [3.05, 3.63) is 130 Å². The van der Waals surface area contributed by atoms with Crippen molar-refractivity contribution in [1.82, 2.24) is 10.2 Å². The van der Waals surface area contributed by atoms with Crippen LogP contribution in [0.15, 0.2) is 97.1 Å². The first-order chi connectivity index (χ1) is 27.9. The predicted octanol–water partition coefficient (Wildman–Crippen LogP) is 5.47. The Hall–Kier alpha value is -4.72. The number of carboxylic acid groups (broad SMARTS) is 1. The Balaban J connectivity index is 0.000000137. The molecule has 4 fully saturated rings. The summed E-state index contributed by atoms with van der Waals surface area (Å²) in [5, 5.41) is 12.2. The number of likely N-dealkylation sites (tertiary alicyclic amines) is 1. The molecule has 2 saturated heterocycles. The zero-order chi connectivity index (χ0) is 41.9. The van der Waals surface area contributed by atoms with Gasteiger partial charge < -0.3 is 15.3 Å². The van der Waals surface area contributed by atoms with Gasteiger partial charge in [0, 0.05) is 41.2 Å². The minimum atomic E-state index is -3.29. The number of sulfonamides is 2. The SMILES string of the molecule is CC1(c2cccc(NS(C)(=O)=O)c2)C2CN(C(=O)C3Cc4ccccc4C3)CC21.CC1(c2cccc(NS(C)(=O)=O)c2)C2CNCC21.O=C(O)C1Cc2ccccc2C1. The van der Waals surface area contributed by atoms with E-state index in [4.69, 9.17) is 5.11 Å². The fourth-order valence-corrected chi connectivity index (χ4v) is 11.8. The molecule has 4 atom stereocenters. The molecule has 312 valence electrons. The number of hydrogen-bond donors (Lipinski definition) is 4. The first-order valence-corrected chi connectivity index (χ1v) is 24.2. The van der Waals surface area contributed by atoms with E-state index in [1.165, 1.54) is 34.1 Å². The topological polar surface area (TPSA) is 162 Å². The van der Waals surface area contributed by atoms with E-state index in [-0.39, 0.29) is 22.7 Å². The molecule has 13 heteroatoms. The predicted molar refractivity (Wildman–Crippen MR) is 230 cm³/mol. The molecule has 6 aliphatic rings. The van der Waals surface area contributed by atoms with Gasteiger partial charge in [-0.15, -0.1) is 0 Å². The average Bonchev–Trinajstić information content (AvgIpc) is 3.71. The van der Waals surface area contributed by atoms with E-state index in [1.807, 2.05) is 48.5 Å². The van der Waals surface area contributed by atoms with Gasteiger partial charge in [0.25, 0.3) is 0 Å². The van der Waals surface area contributed by atoms with E-state index in [0.29, 0.717) is 53.8 Å². The molecule has 0 radical (unpaired) electrons. The summed E-state index contributed by atoms with van der Waals surface area (Å²) in [6.45, 7) is 8.28. The number of nitrogens with zero attached hydrogens (tertiary/aromatic N) is 1. The van der Waals surface area contributed by atoms with Crippen LogP contribution >= 0.6 is 0 Å². The van der Waals surface area contributed by atoms with Crippen LogP contribution in [-0.2, 0) is 66.1 Å². The van der Waals surface area contributed by atoms with Crippen molar-refractivity contribution in [3.8, 4) is 0 Å². The molecule has 0 aromatic heterocycles. The minimum Gasteiger partial charge on any atom is -0.481 e. The number of rotatable bonds is 8. The molecule has 4 N–H and O–H groups in total. The lowest BCUT2D eigenvalue weighted by Gasteiger charge is -2.27. The number of hydrogen-bond acceptors (Lipinski definition) is 7. The van der Waals surface area contributed by atoms with Gasteiger partial charge in [-0.25, -0.2) is 16.8 Å². The van der Waals surface area contributed by atoms with Crippen LogP contribution in [0.1, 0.15) is 47.2 Å². The van der Waals surface area contributed by atoms with Crippen LogP contribution in [0.2, 0.25) is 0 Å². The Morgan fingerprint density at radius 1 is 0.610 bits per heavy atom. The quantitative estimate of drug-likeness (QED) is 0.182. The molecular formula is C46H54N4O7S2. The molecule has 4 unspecified atom stereocenters. The number of carbonyl (C=O) groups is 2. The molecule has 2 aliphatic heterocycles. The van der Waals surface area contributed by atoms with Gasteiger partial charge in [-0.05, 0) is 120 Å². The largest absolute Gasteiger partial charge is 0.481 e. The van der Waals surface area contributed by atoms with Crippen LogP contribution in [0, 0.1) is 35.5 Å². The zero-order valence-electron chi connectivity index (χ0n) is 34.0. The Labute approximate surface area is 348 Å². The highest BCUT2D eigenvalue weighted by molar-refractivity contribution is 7.92. The summed E-state index contributed by atoms with van der Waals surface area (Å²) < 4.78 is 50.7. The lowest BCUT2D eigenvalue weighted by molar-refractivity contribution is -0.141. The number of piperidine rings is 2. The summed E-state index contributed by atoms with van der Waals surface area (Å²) in [6.07, 6.45) is 5.46. The van der Waals surface area contributed by atoms with Gasteiger partial charge in [0.05, 0.1) is 18.4 Å². The van der Waals surface area contributed by atoms with Crippen molar-refractivity contribution in [2.45, 2.75) is 50.4 Å². The fraction of sp³-hybridized carbons (Fsp3) is 0.435. The normalized spacial score (nSPS) is 27.5. The van der Waals surface area contributed by atoms with E-state index in [1.54, 1.807) is 12.1 Å². The Morgan fingerprint density at radius 2 is 1.00 bits per heavy atom. The molecule has 2 heterocycles. The molecule has 0 bridgehead atoms. The summed E-state index contributed by atoms with van der Waals surface area (Å²) >= 11 is 0. The molecule has 10 rings (SSSR count). The van der Waals surface area contributed by atoms with Crippen molar-refractivity contribution in [2.75, 3.05) is 48.1 Å². The second kappa shape index (κ2) is 15.4. The molecule has 59 heavy (non-hydrogen) atoms. The van der Waals surface area contributed by atoms with E-state index < -0.39 is 26.0 Å². The lowest BCUT2D eigenvalue weighted by Crippen LogP contribution is -2.38. The second-order valence-corrected chi connectivity index (χ2v) is 21.4. The van der Waals surface area contributed by atoms with Crippen molar-refractivity contribution < 1.29 is 31.5 Å². The third-order valence-corrected chi connectivity index (χ3v) is 15.3. The molecule has 0 spiro atoms. The van der Waals surface area contributed by atoms with Crippen molar-refractivity contribution in [1.29, 1.82) is 0 Å². The summed E-state index contributed by atoms with van der Waals surface area (Å²) in [7, 11) is -6.49. The summed E-state index contributed by atoms with van der Waals surface area (Å²) in [5.41, 5.74) is 8.93. The standard InChI is InChI=1S/C23H26N2O3S.C13H18N2O2S.C10H10O2/c1-23(18-8-5-9-19(12-18)24-29(2,27)28)20-13-25(14-21(20)23)22(26)17-10-15-6-3-4-7-16(15)11-17;1-13(11-7-14-8-12(11)13)9-4-3-5-10(6-9)15-18(2,16)17;11-10(12)9-5-7-3-1-2-4-8(7)6-9/h3-9,12,17,20-21,24H,10-11,13-14H2,1-2H3;3-6,11-12,14-15H,7-8H2,1-2H3;1-4,9H,5-6H2,(H,11,12). The Bertz CT molecular complexity index is 2440. The van der Waals surface area contributed by atoms with Gasteiger partial charge in [0.15, 0.2) is 0 Å². The first-order valence-electron chi connectivity index (χ1n) is 20.5.